The number of rotatable bonds is 6. The summed E-state index contributed by atoms with van der Waals surface area (Å²) in [7, 11) is 0. The summed E-state index contributed by atoms with van der Waals surface area (Å²) in [6.45, 7) is 5.10. The second kappa shape index (κ2) is 8.17. The largest absolute Gasteiger partial charge is 0.444 e. The maximum absolute atomic E-state index is 12.0. The fourth-order valence-corrected chi connectivity index (χ4v) is 2.53. The molecule has 1 aromatic heterocycles. The number of nitrogens with zero attached hydrogens (tertiary/aromatic N) is 2. The number of carbonyl (C=O) groups is 1. The second-order valence-corrected chi connectivity index (χ2v) is 6.09. The van der Waals surface area contributed by atoms with Gasteiger partial charge in [-0.2, -0.15) is 5.10 Å². The minimum Gasteiger partial charge on any atom is -0.444 e. The molecular weight excluding hydrogens is 393 g/mol. The molecule has 0 aliphatic heterocycles. The van der Waals surface area contributed by atoms with Gasteiger partial charge in [-0.05, 0) is 41.5 Å². The standard InChI is InChI=1S/C16H20IN3O2/c1-3-4-10-20-15(14(17)12(2)19-20)18-16(21)22-11-13-8-6-5-7-9-13/h5-9H,3-4,10-11H2,1-2H3,(H,18,21). The predicted octanol–water partition coefficient (Wildman–Crippen LogP) is 4.34. The van der Waals surface area contributed by atoms with Gasteiger partial charge < -0.3 is 4.74 Å². The molecule has 1 amide bonds. The van der Waals surface area contributed by atoms with E-state index < -0.39 is 6.09 Å². The van der Waals surface area contributed by atoms with Crippen LogP contribution in [0, 0.1) is 10.5 Å². The van der Waals surface area contributed by atoms with E-state index >= 15 is 0 Å². The third kappa shape index (κ3) is 4.46. The number of hydrogen-bond acceptors (Lipinski definition) is 3. The van der Waals surface area contributed by atoms with Gasteiger partial charge in [0.15, 0.2) is 0 Å². The van der Waals surface area contributed by atoms with Gasteiger partial charge in [0.25, 0.3) is 0 Å². The monoisotopic (exact) mass is 413 g/mol. The Morgan fingerprint density at radius 1 is 1.36 bits per heavy atom. The van der Waals surface area contributed by atoms with E-state index in [-0.39, 0.29) is 6.61 Å². The molecule has 118 valence electrons. The summed E-state index contributed by atoms with van der Waals surface area (Å²) in [5, 5.41) is 7.27. The number of nitrogens with one attached hydrogen (secondary N) is 1. The van der Waals surface area contributed by atoms with Crippen LogP contribution in [-0.2, 0) is 17.9 Å². The van der Waals surface area contributed by atoms with Crippen molar-refractivity contribution in [1.82, 2.24) is 9.78 Å². The molecule has 1 N–H and O–H groups in total. The minimum absolute atomic E-state index is 0.255. The van der Waals surface area contributed by atoms with E-state index in [1.807, 2.05) is 41.9 Å². The van der Waals surface area contributed by atoms with Crippen molar-refractivity contribution in [3.05, 3.63) is 45.2 Å². The van der Waals surface area contributed by atoms with Crippen LogP contribution < -0.4 is 5.32 Å². The van der Waals surface area contributed by atoms with Gasteiger partial charge >= 0.3 is 6.09 Å². The van der Waals surface area contributed by atoms with Gasteiger partial charge in [-0.1, -0.05) is 43.7 Å². The second-order valence-electron chi connectivity index (χ2n) is 5.01. The molecule has 1 aromatic carbocycles. The lowest BCUT2D eigenvalue weighted by atomic mass is 10.2. The third-order valence-corrected chi connectivity index (χ3v) is 4.50. The third-order valence-electron chi connectivity index (χ3n) is 3.21. The van der Waals surface area contributed by atoms with Gasteiger partial charge in [-0.3, -0.25) is 5.32 Å². The Balaban J connectivity index is 1.98. The molecule has 5 nitrogen and oxygen atoms in total. The molecule has 0 aliphatic carbocycles. The molecule has 0 spiro atoms. The molecule has 2 rings (SSSR count). The topological polar surface area (TPSA) is 56.2 Å². The van der Waals surface area contributed by atoms with Crippen LogP contribution in [0.2, 0.25) is 0 Å². The molecule has 22 heavy (non-hydrogen) atoms. The van der Waals surface area contributed by atoms with Crippen molar-refractivity contribution < 1.29 is 9.53 Å². The number of unbranched alkanes of at least 4 members (excludes halogenated alkanes) is 1. The highest BCUT2D eigenvalue weighted by Gasteiger charge is 2.16. The van der Waals surface area contributed by atoms with E-state index in [1.165, 1.54) is 0 Å². The average Bonchev–Trinajstić information content (AvgIpc) is 2.79. The Kier molecular flexibility index (Phi) is 6.23. The summed E-state index contributed by atoms with van der Waals surface area (Å²) in [5.74, 6) is 0.713. The van der Waals surface area contributed by atoms with Crippen LogP contribution in [-0.4, -0.2) is 15.9 Å². The van der Waals surface area contributed by atoms with E-state index in [1.54, 1.807) is 0 Å². The Labute approximate surface area is 144 Å². The lowest BCUT2D eigenvalue weighted by molar-refractivity contribution is 0.155. The SMILES string of the molecule is CCCCn1nc(C)c(I)c1NC(=O)OCc1ccccc1. The molecule has 0 fully saturated rings. The van der Waals surface area contributed by atoms with Crippen molar-refractivity contribution in [3.63, 3.8) is 0 Å². The predicted molar refractivity (Wildman–Crippen MR) is 94.8 cm³/mol. The molecule has 0 saturated carbocycles. The quantitative estimate of drug-likeness (QED) is 0.717. The Morgan fingerprint density at radius 3 is 2.77 bits per heavy atom. The highest BCUT2D eigenvalue weighted by Crippen LogP contribution is 2.22. The molecule has 2 aromatic rings. The number of anilines is 1. The lowest BCUT2D eigenvalue weighted by Crippen LogP contribution is -2.17. The van der Waals surface area contributed by atoms with Crippen LogP contribution >= 0.6 is 22.6 Å². The van der Waals surface area contributed by atoms with E-state index in [0.717, 1.165) is 34.2 Å². The van der Waals surface area contributed by atoms with Gasteiger partial charge in [0.1, 0.15) is 12.4 Å². The molecule has 0 atom stereocenters. The summed E-state index contributed by atoms with van der Waals surface area (Å²) >= 11 is 2.20. The van der Waals surface area contributed by atoms with E-state index in [0.29, 0.717) is 5.82 Å². The first-order chi connectivity index (χ1) is 10.6. The van der Waals surface area contributed by atoms with Crippen LogP contribution in [0.3, 0.4) is 0 Å². The molecule has 0 unspecified atom stereocenters. The van der Waals surface area contributed by atoms with Crippen molar-refractivity contribution in [1.29, 1.82) is 0 Å². The number of ether oxygens (including phenoxy) is 1. The summed E-state index contributed by atoms with van der Waals surface area (Å²) in [6.07, 6.45) is 1.64. The highest BCUT2D eigenvalue weighted by molar-refractivity contribution is 14.1. The Morgan fingerprint density at radius 2 is 2.09 bits per heavy atom. The zero-order valence-corrected chi connectivity index (χ0v) is 15.0. The van der Waals surface area contributed by atoms with Crippen molar-refractivity contribution in [2.45, 2.75) is 39.8 Å². The Bertz CT molecular complexity index is 626. The van der Waals surface area contributed by atoms with Crippen LogP contribution in [0.25, 0.3) is 0 Å². The number of aromatic nitrogens is 2. The van der Waals surface area contributed by atoms with Crippen molar-refractivity contribution >= 4 is 34.5 Å². The first-order valence-corrected chi connectivity index (χ1v) is 8.40. The van der Waals surface area contributed by atoms with Gasteiger partial charge in [-0.15, -0.1) is 0 Å². The van der Waals surface area contributed by atoms with Crippen LogP contribution in [0.1, 0.15) is 31.0 Å². The fourth-order valence-electron chi connectivity index (χ4n) is 2.00. The highest BCUT2D eigenvalue weighted by atomic mass is 127. The number of halogens is 1. The van der Waals surface area contributed by atoms with Crippen molar-refractivity contribution in [2.24, 2.45) is 0 Å². The maximum atomic E-state index is 12.0. The summed E-state index contributed by atoms with van der Waals surface area (Å²) in [4.78, 5) is 12.0. The molecule has 0 aliphatic rings. The summed E-state index contributed by atoms with van der Waals surface area (Å²) in [6, 6.07) is 9.62. The molecule has 0 radical (unpaired) electrons. The number of aryl methyl sites for hydroxylation is 2. The summed E-state index contributed by atoms with van der Waals surface area (Å²) < 4.78 is 8.05. The van der Waals surface area contributed by atoms with Gasteiger partial charge in [0, 0.05) is 6.54 Å². The van der Waals surface area contributed by atoms with Crippen LogP contribution in [0.15, 0.2) is 30.3 Å². The molecular formula is C16H20IN3O2. The minimum atomic E-state index is -0.459. The zero-order valence-electron chi connectivity index (χ0n) is 12.8. The molecule has 6 heteroatoms. The first kappa shape index (κ1) is 16.8. The smallest absolute Gasteiger partial charge is 0.413 e. The summed E-state index contributed by atoms with van der Waals surface area (Å²) in [5.41, 5.74) is 1.87. The molecule has 0 saturated heterocycles. The lowest BCUT2D eigenvalue weighted by Gasteiger charge is -2.10. The fraction of sp³-hybridized carbons (Fsp3) is 0.375. The number of benzene rings is 1. The van der Waals surface area contributed by atoms with Crippen LogP contribution in [0.5, 0.6) is 0 Å². The normalized spacial score (nSPS) is 10.5. The van der Waals surface area contributed by atoms with Crippen molar-refractivity contribution in [3.8, 4) is 0 Å². The Hall–Kier alpha value is -1.57. The van der Waals surface area contributed by atoms with Gasteiger partial charge in [0.05, 0.1) is 9.26 Å². The number of hydrogen-bond donors (Lipinski definition) is 1. The average molecular weight is 413 g/mol. The van der Waals surface area contributed by atoms with Crippen LogP contribution in [0.4, 0.5) is 10.6 Å². The zero-order chi connectivity index (χ0) is 15.9. The van der Waals surface area contributed by atoms with E-state index in [2.05, 4.69) is 39.9 Å². The first-order valence-electron chi connectivity index (χ1n) is 7.32. The van der Waals surface area contributed by atoms with Gasteiger partial charge in [-0.25, -0.2) is 9.48 Å². The maximum Gasteiger partial charge on any atom is 0.413 e. The molecule has 0 bridgehead atoms. The van der Waals surface area contributed by atoms with E-state index in [4.69, 9.17) is 4.74 Å². The van der Waals surface area contributed by atoms with E-state index in [9.17, 15) is 4.79 Å². The molecule has 1 heterocycles. The van der Waals surface area contributed by atoms with Gasteiger partial charge in [0.2, 0.25) is 0 Å². The number of carbonyl (C=O) groups excluding carboxylic acids is 1. The van der Waals surface area contributed by atoms with Crippen molar-refractivity contribution in [2.75, 3.05) is 5.32 Å². The number of amides is 1.